The lowest BCUT2D eigenvalue weighted by molar-refractivity contribution is -0.385. The number of methoxy groups -OCH3 is 2. The Labute approximate surface area is 453 Å². The minimum atomic E-state index is -1.74. The number of amides is 1. The Morgan fingerprint density at radius 1 is 0.718 bits per heavy atom. The molecule has 21 nitrogen and oxygen atoms in total. The summed E-state index contributed by atoms with van der Waals surface area (Å²) in [6.07, 6.45) is 2.34. The molecule has 0 saturated heterocycles. The molecule has 1 N–H and O–H groups in total. The second-order valence-electron chi connectivity index (χ2n) is 18.3. The predicted octanol–water partition coefficient (Wildman–Crippen LogP) is 9.69. The van der Waals surface area contributed by atoms with Crippen LogP contribution in [-0.4, -0.2) is 105 Å². The SMILES string of the molecule is COc1ccc(C(OC[C@@H](COP(OCCC#N)N(C(C)C)C(C)C)NC(=O)Cn2cnc3c(OCCc4ccc([N+](=O)[O-])cc4)nc(OCCc4ccc([N+](=O)[O-])cc4)nc32)(c2ccccc2)c2ccc(OC)cc2)cc1. The second-order valence-corrected chi connectivity index (χ2v) is 19.8. The third-order valence-electron chi connectivity index (χ3n) is 12.4. The van der Waals surface area contributed by atoms with Gasteiger partial charge in [-0.25, -0.2) is 9.65 Å². The van der Waals surface area contributed by atoms with Crippen LogP contribution < -0.4 is 24.3 Å². The topological polar surface area (TPSA) is 251 Å². The number of carbonyl (C=O) groups is 1. The van der Waals surface area contributed by atoms with E-state index in [1.54, 1.807) is 38.5 Å². The van der Waals surface area contributed by atoms with Crippen LogP contribution in [-0.2, 0) is 43.6 Å². The molecule has 0 aliphatic carbocycles. The van der Waals surface area contributed by atoms with E-state index in [9.17, 15) is 30.3 Å². The number of non-ortho nitro benzene ring substituents is 2. The molecule has 2 atom stereocenters. The number of hydrogen-bond acceptors (Lipinski definition) is 17. The van der Waals surface area contributed by atoms with E-state index in [0.717, 1.165) is 27.8 Å². The first-order valence-electron chi connectivity index (χ1n) is 25.2. The average Bonchev–Trinajstić information content (AvgIpc) is 3.88. The Kier molecular flexibility index (Phi) is 20.5. The zero-order valence-electron chi connectivity index (χ0n) is 44.2. The smallest absolute Gasteiger partial charge is 0.321 e. The van der Waals surface area contributed by atoms with Crippen molar-refractivity contribution in [1.29, 1.82) is 5.26 Å². The maximum Gasteiger partial charge on any atom is 0.321 e. The normalized spacial score (nSPS) is 12.3. The number of fused-ring (bicyclic) bond motifs is 1. The Hall–Kier alpha value is -8.12. The van der Waals surface area contributed by atoms with Gasteiger partial charge in [0.25, 0.3) is 19.9 Å². The summed E-state index contributed by atoms with van der Waals surface area (Å²) in [5.74, 6) is 0.922. The molecular formula is C56H62N9O12P. The van der Waals surface area contributed by atoms with Gasteiger partial charge in [-0.3, -0.25) is 25.0 Å². The van der Waals surface area contributed by atoms with E-state index < -0.39 is 35.9 Å². The molecule has 7 aromatic rings. The molecule has 1 amide bonds. The van der Waals surface area contributed by atoms with Gasteiger partial charge in [-0.2, -0.15) is 15.2 Å². The maximum atomic E-state index is 14.6. The van der Waals surface area contributed by atoms with Gasteiger partial charge >= 0.3 is 6.01 Å². The van der Waals surface area contributed by atoms with Crippen molar-refractivity contribution in [1.82, 2.24) is 29.5 Å². The van der Waals surface area contributed by atoms with Gasteiger partial charge in [0.2, 0.25) is 11.8 Å². The van der Waals surface area contributed by atoms with Crippen molar-refractivity contribution in [3.05, 3.63) is 182 Å². The fourth-order valence-electron chi connectivity index (χ4n) is 8.60. The zero-order chi connectivity index (χ0) is 55.6. The number of benzene rings is 5. The van der Waals surface area contributed by atoms with Gasteiger partial charge in [-0.1, -0.05) is 78.9 Å². The summed E-state index contributed by atoms with van der Waals surface area (Å²) in [6, 6.07) is 38.5. The summed E-state index contributed by atoms with van der Waals surface area (Å²) >= 11 is 0. The van der Waals surface area contributed by atoms with Crippen LogP contribution in [0.3, 0.4) is 0 Å². The molecule has 0 fully saturated rings. The number of rotatable bonds is 30. The molecular weight excluding hydrogens is 1020 g/mol. The highest BCUT2D eigenvalue weighted by Gasteiger charge is 2.39. The Morgan fingerprint density at radius 2 is 1.26 bits per heavy atom. The molecule has 0 aliphatic heterocycles. The van der Waals surface area contributed by atoms with E-state index in [4.69, 9.17) is 32.7 Å². The molecule has 0 aliphatic rings. The van der Waals surface area contributed by atoms with Gasteiger partial charge in [0, 0.05) is 49.2 Å². The van der Waals surface area contributed by atoms with Crippen LogP contribution in [0.4, 0.5) is 11.4 Å². The van der Waals surface area contributed by atoms with Gasteiger partial charge in [0.05, 0.1) is 82.0 Å². The monoisotopic (exact) mass is 1080 g/mol. The van der Waals surface area contributed by atoms with Crippen LogP contribution in [0.15, 0.2) is 134 Å². The number of nitro benzene ring substituents is 2. The summed E-state index contributed by atoms with van der Waals surface area (Å²) in [6.45, 7) is 8.05. The molecule has 408 valence electrons. The van der Waals surface area contributed by atoms with E-state index in [1.165, 1.54) is 35.2 Å². The molecule has 5 aromatic carbocycles. The molecule has 1 unspecified atom stereocenters. The molecule has 0 saturated carbocycles. The lowest BCUT2D eigenvalue weighted by atomic mass is 9.80. The summed E-state index contributed by atoms with van der Waals surface area (Å²) in [7, 11) is 1.46. The number of nitrogens with one attached hydrogen (secondary N) is 1. The first-order valence-corrected chi connectivity index (χ1v) is 26.3. The van der Waals surface area contributed by atoms with Gasteiger partial charge in [-0.15, -0.1) is 0 Å². The van der Waals surface area contributed by atoms with E-state index in [2.05, 4.69) is 31.0 Å². The van der Waals surface area contributed by atoms with E-state index in [0.29, 0.717) is 24.3 Å². The third kappa shape index (κ3) is 14.9. The van der Waals surface area contributed by atoms with Gasteiger partial charge in [0.15, 0.2) is 11.2 Å². The molecule has 0 bridgehead atoms. The van der Waals surface area contributed by atoms with Crippen molar-refractivity contribution in [2.75, 3.05) is 47.3 Å². The number of carbonyl (C=O) groups excluding carboxylic acids is 1. The summed E-state index contributed by atoms with van der Waals surface area (Å²) in [5.41, 5.74) is 3.07. The Balaban J connectivity index is 1.21. The number of aromatic nitrogens is 4. The standard InChI is InChI=1S/C56H62N9O12P/c1-39(2)63(40(3)4)78(76-32-10-31-57)77-37-46(36-75-56(43-11-8-7-9-12-43,44-17-25-49(71-5)26-18-44)45-19-27-50(72-6)28-20-45)59-51(66)35-62-38-58-52-53(62)60-55(74-34-30-42-15-23-48(24-16-42)65(69)70)61-54(52)73-33-29-41-13-21-47(22-14-41)64(67)68/h7-9,11-28,38-40,46H,10,29-30,32-37H2,1-6H3,(H,59,66)/t46-,78?/m0/s1. The molecule has 2 aromatic heterocycles. The van der Waals surface area contributed by atoms with Crippen LogP contribution in [0.25, 0.3) is 11.2 Å². The van der Waals surface area contributed by atoms with Gasteiger partial charge in [-0.05, 0) is 79.8 Å². The third-order valence-corrected chi connectivity index (χ3v) is 14.4. The van der Waals surface area contributed by atoms with Crippen molar-refractivity contribution < 1.29 is 47.4 Å². The number of imidazole rings is 1. The highest BCUT2D eigenvalue weighted by atomic mass is 31.2. The minimum Gasteiger partial charge on any atom is -0.497 e. The molecule has 22 heteroatoms. The van der Waals surface area contributed by atoms with E-state index in [-0.39, 0.29) is 92.5 Å². The first-order chi connectivity index (χ1) is 37.7. The maximum absolute atomic E-state index is 14.6. The number of nitrogens with zero attached hydrogens (tertiary/aromatic N) is 8. The van der Waals surface area contributed by atoms with Crippen LogP contribution in [0.2, 0.25) is 0 Å². The summed E-state index contributed by atoms with van der Waals surface area (Å²) in [4.78, 5) is 50.0. The second kappa shape index (κ2) is 27.8. The Bertz CT molecular complexity index is 3050. The Morgan fingerprint density at radius 3 is 1.77 bits per heavy atom. The molecule has 0 radical (unpaired) electrons. The number of ether oxygens (including phenoxy) is 5. The van der Waals surface area contributed by atoms with Crippen LogP contribution in [0.1, 0.15) is 61.9 Å². The van der Waals surface area contributed by atoms with Crippen molar-refractivity contribution in [2.45, 2.75) is 77.2 Å². The van der Waals surface area contributed by atoms with Crippen molar-refractivity contribution >= 4 is 37.0 Å². The lowest BCUT2D eigenvalue weighted by Crippen LogP contribution is -2.46. The van der Waals surface area contributed by atoms with Gasteiger partial charge in [0.1, 0.15) is 23.6 Å². The van der Waals surface area contributed by atoms with E-state index >= 15 is 0 Å². The molecule has 0 spiro atoms. The fourth-order valence-corrected chi connectivity index (χ4v) is 10.3. The van der Waals surface area contributed by atoms with Crippen molar-refractivity contribution in [2.24, 2.45) is 0 Å². The fraction of sp³-hybridized carbons (Fsp3) is 0.339. The molecule has 2 heterocycles. The van der Waals surface area contributed by atoms with Gasteiger partial charge < -0.3 is 42.6 Å². The predicted molar refractivity (Wildman–Crippen MR) is 291 cm³/mol. The number of nitro groups is 2. The van der Waals surface area contributed by atoms with Crippen LogP contribution in [0, 0.1) is 31.6 Å². The number of hydrogen-bond donors (Lipinski definition) is 1. The summed E-state index contributed by atoms with van der Waals surface area (Å²) < 4.78 is 47.3. The average molecular weight is 1080 g/mol. The summed E-state index contributed by atoms with van der Waals surface area (Å²) in [5, 5.41) is 35.1. The highest BCUT2D eigenvalue weighted by molar-refractivity contribution is 7.44. The highest BCUT2D eigenvalue weighted by Crippen LogP contribution is 2.47. The van der Waals surface area contributed by atoms with Crippen LogP contribution >= 0.6 is 8.53 Å². The zero-order valence-corrected chi connectivity index (χ0v) is 45.1. The molecule has 7 rings (SSSR count). The lowest BCUT2D eigenvalue weighted by Gasteiger charge is -2.38. The van der Waals surface area contributed by atoms with E-state index in [1.807, 2.05) is 107 Å². The largest absolute Gasteiger partial charge is 0.497 e. The quantitative estimate of drug-likeness (QED) is 0.0145. The van der Waals surface area contributed by atoms with Crippen LogP contribution in [0.5, 0.6) is 23.4 Å². The van der Waals surface area contributed by atoms with Crippen molar-refractivity contribution in [3.8, 4) is 29.5 Å². The molecule has 78 heavy (non-hydrogen) atoms. The minimum absolute atomic E-state index is 0.00208. The number of nitriles is 1. The first kappa shape index (κ1) is 57.6. The van der Waals surface area contributed by atoms with Crippen molar-refractivity contribution in [3.63, 3.8) is 0 Å².